The fourth-order valence-electron chi connectivity index (χ4n) is 2.03. The van der Waals surface area contributed by atoms with Crippen molar-refractivity contribution in [1.29, 1.82) is 0 Å². The lowest BCUT2D eigenvalue weighted by Crippen LogP contribution is -2.38. The lowest BCUT2D eigenvalue weighted by molar-refractivity contribution is 0.0673. The summed E-state index contributed by atoms with van der Waals surface area (Å²) in [5.74, 6) is -0.186. The van der Waals surface area contributed by atoms with Gasteiger partial charge in [0.1, 0.15) is 0 Å². The largest absolute Gasteiger partial charge is 0.397 e. The Morgan fingerprint density at radius 3 is 3.19 bits per heavy atom. The Labute approximate surface area is 93.9 Å². The molecule has 1 aliphatic rings. The first-order valence-electron chi connectivity index (χ1n) is 5.36. The number of aliphatic hydroxyl groups excluding tert-OH is 1. The zero-order valence-electron chi connectivity index (χ0n) is 8.97. The van der Waals surface area contributed by atoms with Crippen molar-refractivity contribution in [3.05, 3.63) is 24.0 Å². The van der Waals surface area contributed by atoms with Gasteiger partial charge in [0.05, 0.1) is 18.3 Å². The van der Waals surface area contributed by atoms with Crippen LogP contribution in [-0.4, -0.2) is 40.1 Å². The third-order valence-electron chi connectivity index (χ3n) is 2.89. The molecule has 0 saturated carbocycles. The first-order chi connectivity index (χ1) is 7.74. The maximum atomic E-state index is 12.1. The van der Waals surface area contributed by atoms with Crippen LogP contribution in [0, 0.1) is 0 Å². The summed E-state index contributed by atoms with van der Waals surface area (Å²) in [7, 11) is 0. The van der Waals surface area contributed by atoms with Crippen LogP contribution in [0.15, 0.2) is 18.3 Å². The van der Waals surface area contributed by atoms with Crippen molar-refractivity contribution < 1.29 is 9.90 Å². The Hall–Kier alpha value is -1.62. The zero-order chi connectivity index (χ0) is 11.5. The molecular formula is C11H15N3O2. The highest BCUT2D eigenvalue weighted by Gasteiger charge is 2.30. The molecule has 1 aliphatic heterocycles. The van der Waals surface area contributed by atoms with Crippen molar-refractivity contribution >= 4 is 11.6 Å². The van der Waals surface area contributed by atoms with E-state index in [-0.39, 0.29) is 24.2 Å². The summed E-state index contributed by atoms with van der Waals surface area (Å²) < 4.78 is 0. The van der Waals surface area contributed by atoms with Gasteiger partial charge in [-0.1, -0.05) is 0 Å². The molecule has 0 spiro atoms. The number of nitrogens with two attached hydrogens (primary N) is 1. The van der Waals surface area contributed by atoms with Gasteiger partial charge in [0.2, 0.25) is 0 Å². The van der Waals surface area contributed by atoms with Crippen molar-refractivity contribution in [1.82, 2.24) is 9.88 Å². The molecule has 1 aromatic rings. The number of carbonyl (C=O) groups excluding carboxylic acids is 1. The third kappa shape index (κ3) is 1.86. The van der Waals surface area contributed by atoms with Gasteiger partial charge in [-0.3, -0.25) is 4.79 Å². The van der Waals surface area contributed by atoms with E-state index in [1.807, 2.05) is 0 Å². The number of amides is 1. The summed E-state index contributed by atoms with van der Waals surface area (Å²) in [6, 6.07) is 3.26. The Balaban J connectivity index is 2.22. The maximum absolute atomic E-state index is 12.1. The van der Waals surface area contributed by atoms with E-state index in [0.717, 1.165) is 12.8 Å². The molecule has 1 unspecified atom stereocenters. The predicted molar refractivity (Wildman–Crippen MR) is 59.8 cm³/mol. The molecule has 1 amide bonds. The van der Waals surface area contributed by atoms with Gasteiger partial charge in [-0.2, -0.15) is 0 Å². The Morgan fingerprint density at radius 2 is 2.50 bits per heavy atom. The average molecular weight is 221 g/mol. The quantitative estimate of drug-likeness (QED) is 0.750. The normalized spacial score (nSPS) is 20.1. The van der Waals surface area contributed by atoms with E-state index in [1.54, 1.807) is 23.2 Å². The molecule has 0 aromatic carbocycles. The van der Waals surface area contributed by atoms with Crippen LogP contribution >= 0.6 is 0 Å². The number of aromatic nitrogens is 1. The van der Waals surface area contributed by atoms with Crippen LogP contribution in [0.3, 0.4) is 0 Å². The van der Waals surface area contributed by atoms with Crippen LogP contribution in [0.2, 0.25) is 0 Å². The van der Waals surface area contributed by atoms with Gasteiger partial charge >= 0.3 is 0 Å². The Bertz CT molecular complexity index is 395. The number of pyridine rings is 1. The van der Waals surface area contributed by atoms with Crippen molar-refractivity contribution in [2.45, 2.75) is 18.9 Å². The molecule has 1 fully saturated rings. The summed E-state index contributed by atoms with van der Waals surface area (Å²) in [5.41, 5.74) is 6.37. The van der Waals surface area contributed by atoms with Crippen LogP contribution in [-0.2, 0) is 0 Å². The smallest absolute Gasteiger partial charge is 0.274 e. The van der Waals surface area contributed by atoms with Gasteiger partial charge in [-0.25, -0.2) is 4.98 Å². The highest BCUT2D eigenvalue weighted by molar-refractivity contribution is 5.97. The van der Waals surface area contributed by atoms with E-state index in [9.17, 15) is 4.79 Å². The average Bonchev–Trinajstić information content (AvgIpc) is 2.77. The van der Waals surface area contributed by atoms with Crippen molar-refractivity contribution in [2.24, 2.45) is 0 Å². The van der Waals surface area contributed by atoms with Gasteiger partial charge in [-0.15, -0.1) is 0 Å². The standard InChI is InChI=1S/C11H15N3O2/c12-9-4-1-5-13-10(9)11(16)14-6-2-3-8(14)7-15/h1,4-5,8,15H,2-3,6-7,12H2. The van der Waals surface area contributed by atoms with Gasteiger partial charge < -0.3 is 15.7 Å². The van der Waals surface area contributed by atoms with E-state index >= 15 is 0 Å². The highest BCUT2D eigenvalue weighted by atomic mass is 16.3. The van der Waals surface area contributed by atoms with Crippen LogP contribution in [0.1, 0.15) is 23.3 Å². The molecule has 16 heavy (non-hydrogen) atoms. The van der Waals surface area contributed by atoms with Gasteiger partial charge in [-0.05, 0) is 25.0 Å². The minimum Gasteiger partial charge on any atom is -0.397 e. The van der Waals surface area contributed by atoms with E-state index in [1.165, 1.54) is 0 Å². The zero-order valence-corrected chi connectivity index (χ0v) is 8.97. The summed E-state index contributed by atoms with van der Waals surface area (Å²) in [6.45, 7) is 0.665. The van der Waals surface area contributed by atoms with E-state index < -0.39 is 0 Å². The molecule has 2 heterocycles. The first kappa shape index (κ1) is 10.9. The number of carbonyl (C=O) groups is 1. The second kappa shape index (κ2) is 4.49. The molecular weight excluding hydrogens is 206 g/mol. The van der Waals surface area contributed by atoms with Crippen LogP contribution < -0.4 is 5.73 Å². The topological polar surface area (TPSA) is 79.5 Å². The number of rotatable bonds is 2. The van der Waals surface area contributed by atoms with Crippen LogP contribution in [0.4, 0.5) is 5.69 Å². The molecule has 0 radical (unpaired) electrons. The van der Waals surface area contributed by atoms with Gasteiger partial charge in [0.25, 0.3) is 5.91 Å². The predicted octanol–water partition coefficient (Wildman–Crippen LogP) is 0.261. The summed E-state index contributed by atoms with van der Waals surface area (Å²) in [6.07, 6.45) is 3.31. The van der Waals surface area contributed by atoms with Crippen molar-refractivity contribution in [2.75, 3.05) is 18.9 Å². The molecule has 5 nitrogen and oxygen atoms in total. The number of hydrogen-bond acceptors (Lipinski definition) is 4. The third-order valence-corrected chi connectivity index (χ3v) is 2.89. The number of hydrogen-bond donors (Lipinski definition) is 2. The number of nitrogen functional groups attached to an aromatic ring is 1. The fraction of sp³-hybridized carbons (Fsp3) is 0.455. The van der Waals surface area contributed by atoms with Crippen molar-refractivity contribution in [3.63, 3.8) is 0 Å². The van der Waals surface area contributed by atoms with Gasteiger partial charge in [0.15, 0.2) is 5.69 Å². The fourth-order valence-corrected chi connectivity index (χ4v) is 2.03. The number of likely N-dealkylation sites (tertiary alicyclic amines) is 1. The van der Waals surface area contributed by atoms with Crippen LogP contribution in [0.5, 0.6) is 0 Å². The second-order valence-electron chi connectivity index (χ2n) is 3.92. The molecule has 3 N–H and O–H groups in total. The molecule has 1 saturated heterocycles. The van der Waals surface area contributed by atoms with E-state index in [0.29, 0.717) is 12.2 Å². The molecule has 5 heteroatoms. The van der Waals surface area contributed by atoms with E-state index in [2.05, 4.69) is 4.98 Å². The number of aliphatic hydroxyl groups is 1. The SMILES string of the molecule is Nc1cccnc1C(=O)N1CCCC1CO. The summed E-state index contributed by atoms with van der Waals surface area (Å²) in [5, 5.41) is 9.16. The van der Waals surface area contributed by atoms with Crippen molar-refractivity contribution in [3.8, 4) is 0 Å². The molecule has 86 valence electrons. The monoisotopic (exact) mass is 221 g/mol. The lowest BCUT2D eigenvalue weighted by atomic mass is 10.2. The summed E-state index contributed by atoms with van der Waals surface area (Å²) in [4.78, 5) is 17.8. The molecule has 2 rings (SSSR count). The first-order valence-corrected chi connectivity index (χ1v) is 5.36. The maximum Gasteiger partial charge on any atom is 0.274 e. The summed E-state index contributed by atoms with van der Waals surface area (Å²) >= 11 is 0. The van der Waals surface area contributed by atoms with Crippen LogP contribution in [0.25, 0.3) is 0 Å². The highest BCUT2D eigenvalue weighted by Crippen LogP contribution is 2.20. The minimum absolute atomic E-state index is 0.00151. The number of anilines is 1. The molecule has 0 aliphatic carbocycles. The molecule has 0 bridgehead atoms. The lowest BCUT2D eigenvalue weighted by Gasteiger charge is -2.22. The van der Waals surface area contributed by atoms with Gasteiger partial charge in [0, 0.05) is 12.7 Å². The number of nitrogens with zero attached hydrogens (tertiary/aromatic N) is 2. The Kier molecular flexibility index (Phi) is 3.05. The molecule has 1 atom stereocenters. The van der Waals surface area contributed by atoms with E-state index in [4.69, 9.17) is 10.8 Å². The Morgan fingerprint density at radius 1 is 1.69 bits per heavy atom. The second-order valence-corrected chi connectivity index (χ2v) is 3.92. The molecule has 1 aromatic heterocycles. The minimum atomic E-state index is -0.186.